The predicted octanol–water partition coefficient (Wildman–Crippen LogP) is 0.180. The van der Waals surface area contributed by atoms with E-state index in [4.69, 9.17) is 5.73 Å². The van der Waals surface area contributed by atoms with Gasteiger partial charge in [-0.3, -0.25) is 0 Å². The molecule has 1 fully saturated rings. The third-order valence-electron chi connectivity index (χ3n) is 2.57. The molecule has 3 N–H and O–H groups in total. The van der Waals surface area contributed by atoms with E-state index in [0.29, 0.717) is 6.04 Å². The Morgan fingerprint density at radius 2 is 1.92 bits per heavy atom. The van der Waals surface area contributed by atoms with Crippen molar-refractivity contribution >= 4 is 0 Å². The number of nitrogens with zero attached hydrogens (tertiary/aromatic N) is 1. The van der Waals surface area contributed by atoms with E-state index < -0.39 is 5.60 Å². The Kier molecular flexibility index (Phi) is 3.09. The predicted molar refractivity (Wildman–Crippen MR) is 49.9 cm³/mol. The summed E-state index contributed by atoms with van der Waals surface area (Å²) in [7, 11) is 3.99. The fourth-order valence-corrected chi connectivity index (χ4v) is 1.92. The highest BCUT2D eigenvalue weighted by atomic mass is 16.3. The van der Waals surface area contributed by atoms with Crippen molar-refractivity contribution in [2.75, 3.05) is 20.6 Å². The molecular formula is C9H20N2O. The van der Waals surface area contributed by atoms with Crippen LogP contribution in [0, 0.1) is 0 Å². The molecule has 0 saturated heterocycles. The van der Waals surface area contributed by atoms with Gasteiger partial charge in [-0.15, -0.1) is 0 Å². The van der Waals surface area contributed by atoms with Crippen molar-refractivity contribution in [2.45, 2.75) is 37.3 Å². The Hall–Kier alpha value is -0.120. The van der Waals surface area contributed by atoms with Gasteiger partial charge in [0.25, 0.3) is 0 Å². The standard InChI is InChI=1S/C9H20N2O/c1-11(2)7-9(12)5-3-8(10)4-6-9/h8,12H,3-7,10H2,1-2H3. The lowest BCUT2D eigenvalue weighted by atomic mass is 9.82. The summed E-state index contributed by atoms with van der Waals surface area (Å²) in [6, 6.07) is 0.312. The molecule has 0 amide bonds. The molecule has 0 atom stereocenters. The fourth-order valence-electron chi connectivity index (χ4n) is 1.92. The van der Waals surface area contributed by atoms with E-state index in [1.165, 1.54) is 0 Å². The Labute approximate surface area is 74.5 Å². The van der Waals surface area contributed by atoms with E-state index in [2.05, 4.69) is 0 Å². The minimum absolute atomic E-state index is 0.312. The summed E-state index contributed by atoms with van der Waals surface area (Å²) in [5, 5.41) is 10.1. The highest BCUT2D eigenvalue weighted by molar-refractivity contribution is 4.88. The van der Waals surface area contributed by atoms with Crippen LogP contribution in [0.3, 0.4) is 0 Å². The first-order valence-corrected chi connectivity index (χ1v) is 4.64. The number of nitrogens with two attached hydrogens (primary N) is 1. The van der Waals surface area contributed by atoms with Crippen molar-refractivity contribution in [3.63, 3.8) is 0 Å². The Bertz CT molecular complexity index is 139. The van der Waals surface area contributed by atoms with Crippen LogP contribution in [-0.4, -0.2) is 42.3 Å². The fraction of sp³-hybridized carbons (Fsp3) is 1.00. The Morgan fingerprint density at radius 3 is 2.33 bits per heavy atom. The highest BCUT2D eigenvalue weighted by Gasteiger charge is 2.32. The zero-order valence-corrected chi connectivity index (χ0v) is 8.08. The number of hydrogen-bond donors (Lipinski definition) is 2. The van der Waals surface area contributed by atoms with E-state index in [9.17, 15) is 5.11 Å². The number of likely N-dealkylation sites (N-methyl/N-ethyl adjacent to an activating group) is 1. The van der Waals surface area contributed by atoms with Crippen LogP contribution in [0.5, 0.6) is 0 Å². The summed E-state index contributed by atoms with van der Waals surface area (Å²) in [6.07, 6.45) is 3.63. The molecule has 0 heterocycles. The Morgan fingerprint density at radius 1 is 1.42 bits per heavy atom. The van der Waals surface area contributed by atoms with E-state index in [-0.39, 0.29) is 0 Å². The van der Waals surface area contributed by atoms with E-state index in [1.807, 2.05) is 19.0 Å². The van der Waals surface area contributed by atoms with Gasteiger partial charge in [-0.2, -0.15) is 0 Å². The first-order valence-electron chi connectivity index (χ1n) is 4.64. The van der Waals surface area contributed by atoms with Gasteiger partial charge in [0.1, 0.15) is 0 Å². The second-order valence-electron chi connectivity index (χ2n) is 4.30. The molecule has 0 aromatic carbocycles. The second kappa shape index (κ2) is 3.73. The van der Waals surface area contributed by atoms with Crippen molar-refractivity contribution in [3.05, 3.63) is 0 Å². The second-order valence-corrected chi connectivity index (χ2v) is 4.30. The van der Waals surface area contributed by atoms with Gasteiger partial charge in [-0.05, 0) is 39.8 Å². The van der Waals surface area contributed by atoms with Gasteiger partial charge in [-0.25, -0.2) is 0 Å². The molecule has 0 unspecified atom stereocenters. The molecular weight excluding hydrogens is 152 g/mol. The van der Waals surface area contributed by atoms with Crippen LogP contribution in [0.1, 0.15) is 25.7 Å². The van der Waals surface area contributed by atoms with Gasteiger partial charge >= 0.3 is 0 Å². The summed E-state index contributed by atoms with van der Waals surface area (Å²) in [5.74, 6) is 0. The molecule has 3 nitrogen and oxygen atoms in total. The third-order valence-corrected chi connectivity index (χ3v) is 2.57. The maximum atomic E-state index is 10.1. The smallest absolute Gasteiger partial charge is 0.0775 e. The van der Waals surface area contributed by atoms with Gasteiger partial charge in [0.05, 0.1) is 5.60 Å². The number of aliphatic hydroxyl groups is 1. The molecule has 1 aliphatic rings. The molecule has 1 rings (SSSR count). The molecule has 0 radical (unpaired) electrons. The summed E-state index contributed by atoms with van der Waals surface area (Å²) in [4.78, 5) is 2.04. The van der Waals surface area contributed by atoms with Crippen molar-refractivity contribution in [1.82, 2.24) is 4.90 Å². The zero-order valence-electron chi connectivity index (χ0n) is 8.08. The lowest BCUT2D eigenvalue weighted by molar-refractivity contribution is -0.0197. The monoisotopic (exact) mass is 172 g/mol. The molecule has 72 valence electrons. The molecule has 0 aromatic rings. The van der Waals surface area contributed by atoms with Gasteiger partial charge in [0, 0.05) is 12.6 Å². The van der Waals surface area contributed by atoms with Crippen LogP contribution in [0.2, 0.25) is 0 Å². The van der Waals surface area contributed by atoms with Crippen LogP contribution < -0.4 is 5.73 Å². The summed E-state index contributed by atoms with van der Waals surface area (Å²) in [5.41, 5.74) is 5.29. The average Bonchev–Trinajstić information content (AvgIpc) is 1.94. The van der Waals surface area contributed by atoms with Crippen molar-refractivity contribution < 1.29 is 5.11 Å². The first-order chi connectivity index (χ1) is 5.52. The molecule has 1 saturated carbocycles. The maximum absolute atomic E-state index is 10.1. The molecule has 0 spiro atoms. The van der Waals surface area contributed by atoms with Crippen LogP contribution in [-0.2, 0) is 0 Å². The molecule has 0 aliphatic heterocycles. The maximum Gasteiger partial charge on any atom is 0.0775 e. The van der Waals surface area contributed by atoms with E-state index in [0.717, 1.165) is 32.2 Å². The largest absolute Gasteiger partial charge is 0.389 e. The van der Waals surface area contributed by atoms with E-state index >= 15 is 0 Å². The van der Waals surface area contributed by atoms with Crippen LogP contribution in [0.15, 0.2) is 0 Å². The minimum Gasteiger partial charge on any atom is -0.389 e. The lowest BCUT2D eigenvalue weighted by Crippen LogP contribution is -2.45. The topological polar surface area (TPSA) is 49.5 Å². The highest BCUT2D eigenvalue weighted by Crippen LogP contribution is 2.27. The van der Waals surface area contributed by atoms with Crippen LogP contribution >= 0.6 is 0 Å². The quantitative estimate of drug-likeness (QED) is 0.625. The van der Waals surface area contributed by atoms with Crippen LogP contribution in [0.25, 0.3) is 0 Å². The van der Waals surface area contributed by atoms with Gasteiger partial charge in [-0.1, -0.05) is 0 Å². The molecule has 3 heteroatoms. The van der Waals surface area contributed by atoms with Crippen molar-refractivity contribution in [2.24, 2.45) is 5.73 Å². The van der Waals surface area contributed by atoms with Gasteiger partial charge < -0.3 is 15.7 Å². The average molecular weight is 172 g/mol. The zero-order chi connectivity index (χ0) is 9.19. The summed E-state index contributed by atoms with van der Waals surface area (Å²) < 4.78 is 0. The molecule has 1 aliphatic carbocycles. The first kappa shape index (κ1) is 9.96. The molecule has 12 heavy (non-hydrogen) atoms. The van der Waals surface area contributed by atoms with Crippen LogP contribution in [0.4, 0.5) is 0 Å². The lowest BCUT2D eigenvalue weighted by Gasteiger charge is -2.36. The summed E-state index contributed by atoms with van der Waals surface area (Å²) in [6.45, 7) is 0.764. The minimum atomic E-state index is -0.473. The van der Waals surface area contributed by atoms with Gasteiger partial charge in [0.15, 0.2) is 0 Å². The number of hydrogen-bond acceptors (Lipinski definition) is 3. The van der Waals surface area contributed by atoms with Crippen molar-refractivity contribution in [1.29, 1.82) is 0 Å². The normalized spacial score (nSPS) is 37.2. The molecule has 0 bridgehead atoms. The van der Waals surface area contributed by atoms with E-state index in [1.54, 1.807) is 0 Å². The molecule has 0 aromatic heterocycles. The Balaban J connectivity index is 2.39. The third kappa shape index (κ3) is 2.73. The van der Waals surface area contributed by atoms with Gasteiger partial charge in [0.2, 0.25) is 0 Å². The number of rotatable bonds is 2. The SMILES string of the molecule is CN(C)CC1(O)CCC(N)CC1. The van der Waals surface area contributed by atoms with Crippen molar-refractivity contribution in [3.8, 4) is 0 Å². The summed E-state index contributed by atoms with van der Waals surface area (Å²) >= 11 is 0.